The Labute approximate surface area is 70.8 Å². The molecule has 0 aromatic carbocycles. The molecule has 1 aromatic rings. The molecule has 0 aliphatic heterocycles. The molecule has 3 heteroatoms. The summed E-state index contributed by atoms with van der Waals surface area (Å²) in [6.07, 6.45) is 0. The summed E-state index contributed by atoms with van der Waals surface area (Å²) in [5.41, 5.74) is 0. The molecule has 1 nitrogen and oxygen atoms in total. The molecule has 0 saturated heterocycles. The van der Waals surface area contributed by atoms with Crippen LogP contribution in [-0.2, 0) is 0 Å². The third-order valence-corrected chi connectivity index (χ3v) is 2.53. The maximum Gasteiger partial charge on any atom is 0.0751 e. The Morgan fingerprint density at radius 3 is 2.20 bits per heavy atom. The molecule has 0 amide bonds. The second-order valence-corrected chi connectivity index (χ2v) is 3.70. The third kappa shape index (κ3) is 3.25. The molecule has 0 radical (unpaired) electrons. The van der Waals surface area contributed by atoms with Crippen molar-refractivity contribution in [3.8, 4) is 0 Å². The van der Waals surface area contributed by atoms with Gasteiger partial charge in [-0.3, -0.25) is 5.14 Å². The van der Waals surface area contributed by atoms with Gasteiger partial charge in [0.2, 0.25) is 0 Å². The van der Waals surface area contributed by atoms with Gasteiger partial charge in [0, 0.05) is 4.88 Å². The minimum atomic E-state index is 1.18. The first-order chi connectivity index (χ1) is 4.83. The lowest BCUT2D eigenvalue weighted by atomic mass is 10.5. The summed E-state index contributed by atoms with van der Waals surface area (Å²) < 4.78 is 1.18. The van der Waals surface area contributed by atoms with E-state index in [1.165, 1.54) is 21.0 Å². The van der Waals surface area contributed by atoms with E-state index >= 15 is 0 Å². The fourth-order valence-electron chi connectivity index (χ4n) is 0.475. The van der Waals surface area contributed by atoms with Crippen molar-refractivity contribution in [1.29, 1.82) is 0 Å². The zero-order valence-corrected chi connectivity index (χ0v) is 8.18. The Balaban J connectivity index is 0.000000371. The minimum absolute atomic E-state index is 1.18. The molecular weight excluding hydrogens is 162 g/mol. The van der Waals surface area contributed by atoms with Gasteiger partial charge in [-0.2, -0.15) is 0 Å². The van der Waals surface area contributed by atoms with E-state index in [0.29, 0.717) is 0 Å². The molecule has 1 heterocycles. The van der Waals surface area contributed by atoms with Gasteiger partial charge in [-0.05, 0) is 31.0 Å². The summed E-state index contributed by atoms with van der Waals surface area (Å²) >= 11 is 3.03. The Kier molecular flexibility index (Phi) is 5.78. The first-order valence-electron chi connectivity index (χ1n) is 3.26. The predicted octanol–water partition coefficient (Wildman–Crippen LogP) is 3.05. The van der Waals surface area contributed by atoms with Crippen LogP contribution in [0, 0.1) is 6.92 Å². The summed E-state index contributed by atoms with van der Waals surface area (Å²) in [4.78, 5) is 1.32. The van der Waals surface area contributed by atoms with Crippen molar-refractivity contribution in [3.05, 3.63) is 17.0 Å². The van der Waals surface area contributed by atoms with E-state index in [2.05, 4.69) is 13.0 Å². The summed E-state index contributed by atoms with van der Waals surface area (Å²) in [5.74, 6) is 0. The van der Waals surface area contributed by atoms with Crippen molar-refractivity contribution in [1.82, 2.24) is 0 Å². The quantitative estimate of drug-likeness (QED) is 0.664. The molecule has 1 aromatic heterocycles. The zero-order chi connectivity index (χ0) is 7.98. The van der Waals surface area contributed by atoms with Crippen molar-refractivity contribution in [3.63, 3.8) is 0 Å². The Morgan fingerprint density at radius 1 is 1.40 bits per heavy atom. The van der Waals surface area contributed by atoms with Crippen LogP contribution >= 0.6 is 23.3 Å². The van der Waals surface area contributed by atoms with Crippen LogP contribution in [0.5, 0.6) is 0 Å². The molecule has 10 heavy (non-hydrogen) atoms. The molecule has 0 spiro atoms. The van der Waals surface area contributed by atoms with Gasteiger partial charge in [-0.25, -0.2) is 0 Å². The van der Waals surface area contributed by atoms with Crippen molar-refractivity contribution in [2.75, 3.05) is 0 Å². The summed E-state index contributed by atoms with van der Waals surface area (Å²) in [7, 11) is 0. The van der Waals surface area contributed by atoms with Crippen molar-refractivity contribution in [2.45, 2.75) is 25.0 Å². The van der Waals surface area contributed by atoms with Crippen LogP contribution < -0.4 is 5.14 Å². The fraction of sp³-hybridized carbons (Fsp3) is 0.429. The highest BCUT2D eigenvalue weighted by atomic mass is 32.2. The van der Waals surface area contributed by atoms with Crippen molar-refractivity contribution in [2.24, 2.45) is 5.14 Å². The van der Waals surface area contributed by atoms with E-state index in [0.717, 1.165) is 0 Å². The fourth-order valence-corrected chi connectivity index (χ4v) is 1.80. The van der Waals surface area contributed by atoms with Crippen LogP contribution in [0.1, 0.15) is 18.7 Å². The van der Waals surface area contributed by atoms with Gasteiger partial charge < -0.3 is 0 Å². The lowest BCUT2D eigenvalue weighted by Gasteiger charge is -1.80. The number of rotatable bonds is 1. The molecule has 0 saturated carbocycles. The average molecular weight is 175 g/mol. The third-order valence-electron chi connectivity index (χ3n) is 0.832. The molecule has 1 rings (SSSR count). The van der Waals surface area contributed by atoms with Crippen molar-refractivity contribution >= 4 is 23.3 Å². The topological polar surface area (TPSA) is 26.0 Å². The number of hydrogen-bond acceptors (Lipinski definition) is 3. The molecule has 2 N–H and O–H groups in total. The van der Waals surface area contributed by atoms with Crippen LogP contribution in [0.3, 0.4) is 0 Å². The smallest absolute Gasteiger partial charge is 0.0751 e. The van der Waals surface area contributed by atoms with E-state index < -0.39 is 0 Å². The Bertz CT molecular complexity index is 172. The van der Waals surface area contributed by atoms with Crippen LogP contribution in [-0.4, -0.2) is 0 Å². The van der Waals surface area contributed by atoms with Gasteiger partial charge in [0.15, 0.2) is 0 Å². The van der Waals surface area contributed by atoms with Gasteiger partial charge in [0.05, 0.1) is 4.21 Å². The molecule has 0 unspecified atom stereocenters. The first-order valence-corrected chi connectivity index (χ1v) is 4.95. The molecule has 0 atom stereocenters. The van der Waals surface area contributed by atoms with E-state index in [1.54, 1.807) is 11.3 Å². The Hall–Kier alpha value is 0.01000. The van der Waals surface area contributed by atoms with Gasteiger partial charge >= 0.3 is 0 Å². The van der Waals surface area contributed by atoms with E-state index in [1.807, 2.05) is 19.9 Å². The maximum atomic E-state index is 5.29. The number of nitrogens with two attached hydrogens (primary N) is 1. The van der Waals surface area contributed by atoms with Crippen molar-refractivity contribution < 1.29 is 0 Å². The van der Waals surface area contributed by atoms with E-state index in [9.17, 15) is 0 Å². The summed E-state index contributed by atoms with van der Waals surface area (Å²) in [6, 6.07) is 4.10. The standard InChI is InChI=1S/C5H7NS2.C2H6/c1-4-2-3-5(7-4)8-6;1-2/h2-3H,6H2,1H3;1-2H3. The predicted molar refractivity (Wildman–Crippen MR) is 50.4 cm³/mol. The second kappa shape index (κ2) is 5.77. The number of hydrogen-bond donors (Lipinski definition) is 1. The van der Waals surface area contributed by atoms with Gasteiger partial charge in [-0.15, -0.1) is 11.3 Å². The lowest BCUT2D eigenvalue weighted by Crippen LogP contribution is -1.70. The highest BCUT2D eigenvalue weighted by Gasteiger charge is 1.90. The number of thiophene rings is 1. The molecule has 0 bridgehead atoms. The molecule has 0 fully saturated rings. The first kappa shape index (κ1) is 10.0. The molecule has 0 aliphatic carbocycles. The normalized spacial score (nSPS) is 8.40. The zero-order valence-electron chi connectivity index (χ0n) is 6.55. The van der Waals surface area contributed by atoms with Crippen LogP contribution in [0.2, 0.25) is 0 Å². The van der Waals surface area contributed by atoms with Crippen LogP contribution in [0.4, 0.5) is 0 Å². The largest absolute Gasteiger partial charge is 0.273 e. The van der Waals surface area contributed by atoms with Gasteiger partial charge in [0.25, 0.3) is 0 Å². The molecular formula is C7H13NS2. The SMILES string of the molecule is CC.Cc1ccc(SN)s1. The highest BCUT2D eigenvalue weighted by Crippen LogP contribution is 2.21. The molecule has 58 valence electrons. The van der Waals surface area contributed by atoms with Crippen LogP contribution in [0.15, 0.2) is 16.3 Å². The van der Waals surface area contributed by atoms with E-state index in [-0.39, 0.29) is 0 Å². The average Bonchev–Trinajstić information content (AvgIpc) is 2.40. The number of aryl methyl sites for hydroxylation is 1. The summed E-state index contributed by atoms with van der Waals surface area (Å²) in [6.45, 7) is 6.07. The Morgan fingerprint density at radius 2 is 2.00 bits per heavy atom. The lowest BCUT2D eigenvalue weighted by molar-refractivity contribution is 1.50. The minimum Gasteiger partial charge on any atom is -0.273 e. The highest BCUT2D eigenvalue weighted by molar-refractivity contribution is 7.99. The molecule has 0 aliphatic rings. The maximum absolute atomic E-state index is 5.29. The van der Waals surface area contributed by atoms with Gasteiger partial charge in [0.1, 0.15) is 0 Å². The van der Waals surface area contributed by atoms with Gasteiger partial charge in [-0.1, -0.05) is 13.8 Å². The van der Waals surface area contributed by atoms with E-state index in [4.69, 9.17) is 5.14 Å². The monoisotopic (exact) mass is 175 g/mol. The van der Waals surface area contributed by atoms with Crippen LogP contribution in [0.25, 0.3) is 0 Å². The summed E-state index contributed by atoms with van der Waals surface area (Å²) in [5, 5.41) is 5.29. The second-order valence-electron chi connectivity index (χ2n) is 1.48.